The van der Waals surface area contributed by atoms with E-state index in [0.29, 0.717) is 18.9 Å². The van der Waals surface area contributed by atoms with Gasteiger partial charge in [0.15, 0.2) is 0 Å². The molecule has 0 atom stereocenters. The van der Waals surface area contributed by atoms with Crippen LogP contribution in [-0.2, 0) is 4.79 Å². The number of benzene rings is 1. The van der Waals surface area contributed by atoms with Crippen LogP contribution in [0.3, 0.4) is 0 Å². The second-order valence-corrected chi connectivity index (χ2v) is 4.13. The van der Waals surface area contributed by atoms with E-state index in [1.807, 2.05) is 26.0 Å². The minimum atomic E-state index is -0.125. The number of imidazole rings is 1. The van der Waals surface area contributed by atoms with Crippen molar-refractivity contribution in [1.29, 1.82) is 0 Å². The summed E-state index contributed by atoms with van der Waals surface area (Å²) in [6.45, 7) is 4.42. The lowest BCUT2D eigenvalue weighted by atomic mass is 10.1. The van der Waals surface area contributed by atoms with Gasteiger partial charge in [0.1, 0.15) is 0 Å². The Morgan fingerprint density at radius 1 is 1.41 bits per heavy atom. The van der Waals surface area contributed by atoms with Crippen LogP contribution in [0.1, 0.15) is 17.5 Å². The maximum atomic E-state index is 11.4. The Bertz CT molecular complexity index is 520. The number of carbonyl (C=O) groups excluding carboxylic acids is 1. The number of hydrogen-bond acceptors (Lipinski definition) is 3. The van der Waals surface area contributed by atoms with Crippen LogP contribution in [0.2, 0.25) is 0 Å². The molecule has 0 aliphatic carbocycles. The van der Waals surface area contributed by atoms with Crippen molar-refractivity contribution in [2.45, 2.75) is 20.3 Å². The summed E-state index contributed by atoms with van der Waals surface area (Å²) in [5.41, 5.74) is 9.47. The van der Waals surface area contributed by atoms with Crippen molar-refractivity contribution in [2.75, 3.05) is 11.9 Å². The van der Waals surface area contributed by atoms with Crippen LogP contribution in [-0.4, -0.2) is 22.4 Å². The van der Waals surface area contributed by atoms with Gasteiger partial charge in [-0.1, -0.05) is 0 Å². The van der Waals surface area contributed by atoms with E-state index in [4.69, 9.17) is 5.73 Å². The summed E-state index contributed by atoms with van der Waals surface area (Å²) < 4.78 is 0. The summed E-state index contributed by atoms with van der Waals surface area (Å²) in [5, 5.41) is 2.69. The molecule has 0 aliphatic rings. The van der Waals surface area contributed by atoms with E-state index in [0.717, 1.165) is 11.0 Å². The van der Waals surface area contributed by atoms with E-state index in [9.17, 15) is 4.79 Å². The topological polar surface area (TPSA) is 83.8 Å². The summed E-state index contributed by atoms with van der Waals surface area (Å²) in [7, 11) is 0. The molecule has 0 spiro atoms. The second-order valence-electron chi connectivity index (χ2n) is 4.13. The summed E-state index contributed by atoms with van der Waals surface area (Å²) in [5.74, 6) is 0.350. The second kappa shape index (κ2) is 4.55. The number of carbonyl (C=O) groups is 1. The number of nitrogens with zero attached hydrogens (tertiary/aromatic N) is 1. The predicted molar refractivity (Wildman–Crippen MR) is 67.9 cm³/mol. The van der Waals surface area contributed by atoms with Gasteiger partial charge >= 0.3 is 0 Å². The summed E-state index contributed by atoms with van der Waals surface area (Å²) >= 11 is 0. The number of aromatic amines is 1. The van der Waals surface area contributed by atoms with E-state index in [1.165, 1.54) is 11.1 Å². The van der Waals surface area contributed by atoms with Crippen molar-refractivity contribution in [3.05, 3.63) is 23.3 Å². The number of nitrogens with one attached hydrogen (secondary N) is 2. The number of aromatic nitrogens is 2. The molecular formula is C12H16N4O. The molecule has 1 heterocycles. The SMILES string of the molecule is Cc1cc2nc(NC(=O)CCN)[nH]c2cc1C. The van der Waals surface area contributed by atoms with Crippen LogP contribution in [0.15, 0.2) is 12.1 Å². The monoisotopic (exact) mass is 232 g/mol. The average Bonchev–Trinajstić information content (AvgIpc) is 2.60. The Hall–Kier alpha value is -1.88. The maximum absolute atomic E-state index is 11.4. The van der Waals surface area contributed by atoms with Crippen molar-refractivity contribution >= 4 is 22.9 Å². The Balaban J connectivity index is 2.29. The largest absolute Gasteiger partial charge is 0.330 e. The molecule has 0 aliphatic heterocycles. The highest BCUT2D eigenvalue weighted by molar-refractivity contribution is 5.91. The molecule has 1 amide bonds. The zero-order chi connectivity index (χ0) is 12.4. The van der Waals surface area contributed by atoms with Crippen LogP contribution < -0.4 is 11.1 Å². The van der Waals surface area contributed by atoms with Crippen LogP contribution in [0, 0.1) is 13.8 Å². The van der Waals surface area contributed by atoms with E-state index < -0.39 is 0 Å². The molecule has 0 unspecified atom stereocenters. The lowest BCUT2D eigenvalue weighted by molar-refractivity contribution is -0.116. The lowest BCUT2D eigenvalue weighted by Crippen LogP contribution is -2.16. The number of H-pyrrole nitrogens is 1. The molecule has 2 aromatic rings. The molecule has 1 aromatic carbocycles. The molecule has 17 heavy (non-hydrogen) atoms. The third kappa shape index (κ3) is 2.45. The first kappa shape index (κ1) is 11.6. The van der Waals surface area contributed by atoms with Crippen LogP contribution in [0.4, 0.5) is 5.95 Å². The van der Waals surface area contributed by atoms with E-state index in [-0.39, 0.29) is 5.91 Å². The van der Waals surface area contributed by atoms with Crippen LogP contribution in [0.5, 0.6) is 0 Å². The minimum absolute atomic E-state index is 0.125. The van der Waals surface area contributed by atoms with Gasteiger partial charge in [-0.25, -0.2) is 4.98 Å². The number of anilines is 1. The first-order chi connectivity index (χ1) is 8.10. The fourth-order valence-electron chi connectivity index (χ4n) is 1.65. The van der Waals surface area contributed by atoms with Gasteiger partial charge in [0.05, 0.1) is 11.0 Å². The quantitative estimate of drug-likeness (QED) is 0.749. The third-order valence-electron chi connectivity index (χ3n) is 2.73. The molecule has 4 N–H and O–H groups in total. The van der Waals surface area contributed by atoms with Gasteiger partial charge in [0.25, 0.3) is 0 Å². The molecule has 2 rings (SSSR count). The van der Waals surface area contributed by atoms with E-state index in [2.05, 4.69) is 15.3 Å². The maximum Gasteiger partial charge on any atom is 0.227 e. The van der Waals surface area contributed by atoms with Gasteiger partial charge in [-0.05, 0) is 37.1 Å². The highest BCUT2D eigenvalue weighted by Gasteiger charge is 2.07. The minimum Gasteiger partial charge on any atom is -0.330 e. The fraction of sp³-hybridized carbons (Fsp3) is 0.333. The van der Waals surface area contributed by atoms with Crippen molar-refractivity contribution in [1.82, 2.24) is 9.97 Å². The molecule has 0 saturated heterocycles. The van der Waals surface area contributed by atoms with Crippen LogP contribution in [0.25, 0.3) is 11.0 Å². The van der Waals surface area contributed by atoms with E-state index in [1.54, 1.807) is 0 Å². The lowest BCUT2D eigenvalue weighted by Gasteiger charge is -1.98. The normalized spacial score (nSPS) is 10.8. The van der Waals surface area contributed by atoms with Gasteiger partial charge in [0, 0.05) is 13.0 Å². The van der Waals surface area contributed by atoms with Crippen molar-refractivity contribution in [3.63, 3.8) is 0 Å². The third-order valence-corrected chi connectivity index (χ3v) is 2.73. The fourth-order valence-corrected chi connectivity index (χ4v) is 1.65. The molecule has 5 nitrogen and oxygen atoms in total. The molecule has 5 heteroatoms. The zero-order valence-corrected chi connectivity index (χ0v) is 10.0. The summed E-state index contributed by atoms with van der Waals surface area (Å²) in [4.78, 5) is 18.7. The van der Waals surface area contributed by atoms with Gasteiger partial charge < -0.3 is 10.7 Å². The number of nitrogens with two attached hydrogens (primary N) is 1. The number of hydrogen-bond donors (Lipinski definition) is 3. The highest BCUT2D eigenvalue weighted by Crippen LogP contribution is 2.18. The summed E-state index contributed by atoms with van der Waals surface area (Å²) in [6.07, 6.45) is 0.301. The van der Waals surface area contributed by atoms with Gasteiger partial charge in [-0.2, -0.15) is 0 Å². The Kier molecular flexibility index (Phi) is 3.10. The number of amides is 1. The smallest absolute Gasteiger partial charge is 0.227 e. The first-order valence-corrected chi connectivity index (χ1v) is 5.57. The zero-order valence-electron chi connectivity index (χ0n) is 10.0. The number of aryl methyl sites for hydroxylation is 2. The molecule has 1 aromatic heterocycles. The standard InChI is InChI=1S/C12H16N4O/c1-7-5-9-10(6-8(7)2)15-12(14-9)16-11(17)3-4-13/h5-6H,3-4,13H2,1-2H3,(H2,14,15,16,17). The van der Waals surface area contributed by atoms with E-state index >= 15 is 0 Å². The molecule has 0 fully saturated rings. The van der Waals surface area contributed by atoms with Gasteiger partial charge in [-0.3, -0.25) is 10.1 Å². The predicted octanol–water partition coefficient (Wildman–Crippen LogP) is 1.47. The average molecular weight is 232 g/mol. The molecule has 90 valence electrons. The Morgan fingerprint density at radius 2 is 2.12 bits per heavy atom. The number of rotatable bonds is 3. The van der Waals surface area contributed by atoms with Gasteiger partial charge in [0.2, 0.25) is 11.9 Å². The molecular weight excluding hydrogens is 216 g/mol. The summed E-state index contributed by atoms with van der Waals surface area (Å²) in [6, 6.07) is 4.02. The molecule has 0 bridgehead atoms. The Morgan fingerprint density at radius 3 is 2.82 bits per heavy atom. The number of fused-ring (bicyclic) bond motifs is 1. The Labute approximate surface area is 99.4 Å². The van der Waals surface area contributed by atoms with Gasteiger partial charge in [-0.15, -0.1) is 0 Å². The molecule has 0 saturated carbocycles. The molecule has 0 radical (unpaired) electrons. The highest BCUT2D eigenvalue weighted by atomic mass is 16.1. The van der Waals surface area contributed by atoms with Crippen molar-refractivity contribution < 1.29 is 4.79 Å². The first-order valence-electron chi connectivity index (χ1n) is 5.57. The van der Waals surface area contributed by atoms with Crippen LogP contribution >= 0.6 is 0 Å². The van der Waals surface area contributed by atoms with Crippen molar-refractivity contribution in [3.8, 4) is 0 Å². The van der Waals surface area contributed by atoms with Crippen molar-refractivity contribution in [2.24, 2.45) is 5.73 Å².